The molecule has 0 amide bonds. The fraction of sp³-hybridized carbons (Fsp3) is 1.00. The Hall–Kier alpha value is -0.0400. The molecule has 2 aliphatic rings. The monoisotopic (exact) mass is 223 g/mol. The minimum Gasteiger partial charge on any atom is -0.311 e. The minimum atomic E-state index is 0.819. The molecule has 0 bridgehead atoms. The molecular formula is C15H29N. The molecule has 4 atom stereocenters. The first-order valence-electron chi connectivity index (χ1n) is 7.57. The average molecular weight is 223 g/mol. The molecule has 2 rings (SSSR count). The van der Waals surface area contributed by atoms with Gasteiger partial charge in [-0.1, -0.05) is 46.0 Å². The van der Waals surface area contributed by atoms with Crippen LogP contribution in [0.5, 0.6) is 0 Å². The van der Waals surface area contributed by atoms with Crippen molar-refractivity contribution in [2.24, 2.45) is 11.8 Å². The van der Waals surface area contributed by atoms with E-state index in [0.29, 0.717) is 0 Å². The van der Waals surface area contributed by atoms with E-state index < -0.39 is 0 Å². The first kappa shape index (κ1) is 12.4. The van der Waals surface area contributed by atoms with Gasteiger partial charge in [0.15, 0.2) is 0 Å². The Kier molecular flexibility index (Phi) is 4.69. The predicted molar refractivity (Wildman–Crippen MR) is 70.6 cm³/mol. The Labute approximate surface area is 101 Å². The molecule has 16 heavy (non-hydrogen) atoms. The lowest BCUT2D eigenvalue weighted by Gasteiger charge is -2.29. The molecule has 0 heterocycles. The van der Waals surface area contributed by atoms with Crippen LogP contribution in [-0.4, -0.2) is 12.1 Å². The van der Waals surface area contributed by atoms with Crippen LogP contribution in [0.1, 0.15) is 71.6 Å². The Morgan fingerprint density at radius 3 is 2.44 bits per heavy atom. The van der Waals surface area contributed by atoms with Crippen LogP contribution in [0.4, 0.5) is 0 Å². The van der Waals surface area contributed by atoms with Gasteiger partial charge in [0, 0.05) is 12.1 Å². The quantitative estimate of drug-likeness (QED) is 0.710. The standard InChI is InChI=1S/C15H29N/c1-3-13-9-7-11-15(13)16-14-10-6-4-5-8-12(14)2/h12-16H,3-11H2,1-2H3. The maximum atomic E-state index is 4.01. The van der Waals surface area contributed by atoms with Crippen LogP contribution in [-0.2, 0) is 0 Å². The van der Waals surface area contributed by atoms with E-state index >= 15 is 0 Å². The van der Waals surface area contributed by atoms with Crippen LogP contribution in [0, 0.1) is 11.8 Å². The van der Waals surface area contributed by atoms with Gasteiger partial charge in [0.05, 0.1) is 0 Å². The summed E-state index contributed by atoms with van der Waals surface area (Å²) < 4.78 is 0. The molecular weight excluding hydrogens is 194 g/mol. The van der Waals surface area contributed by atoms with Crippen molar-refractivity contribution in [3.05, 3.63) is 0 Å². The molecule has 4 unspecified atom stereocenters. The molecule has 2 fully saturated rings. The molecule has 94 valence electrons. The summed E-state index contributed by atoms with van der Waals surface area (Å²) in [6.45, 7) is 4.82. The van der Waals surface area contributed by atoms with E-state index in [-0.39, 0.29) is 0 Å². The normalized spacial score (nSPS) is 40.9. The number of hydrogen-bond donors (Lipinski definition) is 1. The average Bonchev–Trinajstić information content (AvgIpc) is 2.64. The van der Waals surface area contributed by atoms with Crippen molar-refractivity contribution in [3.8, 4) is 0 Å². The van der Waals surface area contributed by atoms with E-state index in [1.807, 2.05) is 0 Å². The van der Waals surface area contributed by atoms with Crippen molar-refractivity contribution in [1.82, 2.24) is 5.32 Å². The van der Waals surface area contributed by atoms with E-state index in [1.54, 1.807) is 0 Å². The van der Waals surface area contributed by atoms with Crippen molar-refractivity contribution in [2.75, 3.05) is 0 Å². The summed E-state index contributed by atoms with van der Waals surface area (Å²) in [5.41, 5.74) is 0. The highest BCUT2D eigenvalue weighted by Gasteiger charge is 2.29. The highest BCUT2D eigenvalue weighted by Crippen LogP contribution is 2.31. The number of hydrogen-bond acceptors (Lipinski definition) is 1. The molecule has 1 heteroatoms. The molecule has 0 aliphatic heterocycles. The smallest absolute Gasteiger partial charge is 0.00979 e. The summed E-state index contributed by atoms with van der Waals surface area (Å²) in [5.74, 6) is 1.87. The summed E-state index contributed by atoms with van der Waals surface area (Å²) in [6, 6.07) is 1.66. The van der Waals surface area contributed by atoms with Gasteiger partial charge in [-0.25, -0.2) is 0 Å². The molecule has 0 aromatic heterocycles. The number of nitrogens with one attached hydrogen (secondary N) is 1. The second-order valence-corrected chi connectivity index (χ2v) is 6.09. The molecule has 1 N–H and O–H groups in total. The van der Waals surface area contributed by atoms with Crippen LogP contribution in [0.2, 0.25) is 0 Å². The highest BCUT2D eigenvalue weighted by molar-refractivity contribution is 4.87. The van der Waals surface area contributed by atoms with E-state index in [0.717, 1.165) is 23.9 Å². The lowest BCUT2D eigenvalue weighted by Crippen LogP contribution is -2.43. The summed E-state index contributed by atoms with van der Waals surface area (Å²) in [5, 5.41) is 4.01. The van der Waals surface area contributed by atoms with Gasteiger partial charge in [0.25, 0.3) is 0 Å². The van der Waals surface area contributed by atoms with Crippen molar-refractivity contribution >= 4 is 0 Å². The fourth-order valence-corrected chi connectivity index (χ4v) is 3.76. The summed E-state index contributed by atoms with van der Waals surface area (Å²) in [7, 11) is 0. The molecule has 0 radical (unpaired) electrons. The number of rotatable bonds is 3. The third-order valence-electron chi connectivity index (χ3n) is 4.97. The summed E-state index contributed by atoms with van der Waals surface area (Å²) in [6.07, 6.45) is 13.0. The first-order valence-corrected chi connectivity index (χ1v) is 7.57. The summed E-state index contributed by atoms with van der Waals surface area (Å²) >= 11 is 0. The second kappa shape index (κ2) is 6.05. The van der Waals surface area contributed by atoms with Crippen molar-refractivity contribution in [1.29, 1.82) is 0 Å². The van der Waals surface area contributed by atoms with E-state index in [2.05, 4.69) is 19.2 Å². The second-order valence-electron chi connectivity index (χ2n) is 6.09. The first-order chi connectivity index (χ1) is 7.81. The van der Waals surface area contributed by atoms with Gasteiger partial charge in [0.1, 0.15) is 0 Å². The van der Waals surface area contributed by atoms with Crippen molar-refractivity contribution in [3.63, 3.8) is 0 Å². The Bertz CT molecular complexity index is 202. The third kappa shape index (κ3) is 3.00. The SMILES string of the molecule is CCC1CCCC1NC1CCCCCC1C. The Morgan fingerprint density at radius 2 is 1.62 bits per heavy atom. The maximum absolute atomic E-state index is 4.01. The topological polar surface area (TPSA) is 12.0 Å². The molecule has 2 aliphatic carbocycles. The largest absolute Gasteiger partial charge is 0.311 e. The zero-order valence-electron chi connectivity index (χ0n) is 11.2. The summed E-state index contributed by atoms with van der Waals surface area (Å²) in [4.78, 5) is 0. The van der Waals surface area contributed by atoms with Gasteiger partial charge < -0.3 is 5.32 Å². The van der Waals surface area contributed by atoms with Gasteiger partial charge in [-0.3, -0.25) is 0 Å². The van der Waals surface area contributed by atoms with Gasteiger partial charge in [-0.05, 0) is 37.5 Å². The predicted octanol–water partition coefficient (Wildman–Crippen LogP) is 4.12. The van der Waals surface area contributed by atoms with Crippen molar-refractivity contribution in [2.45, 2.75) is 83.7 Å². The van der Waals surface area contributed by atoms with Gasteiger partial charge in [0.2, 0.25) is 0 Å². The van der Waals surface area contributed by atoms with E-state index in [4.69, 9.17) is 0 Å². The zero-order chi connectivity index (χ0) is 11.4. The molecule has 0 aromatic rings. The lowest BCUT2D eigenvalue weighted by atomic mass is 9.93. The maximum Gasteiger partial charge on any atom is 0.00979 e. The Morgan fingerprint density at radius 1 is 0.875 bits per heavy atom. The van der Waals surface area contributed by atoms with E-state index in [9.17, 15) is 0 Å². The van der Waals surface area contributed by atoms with Crippen LogP contribution in [0.15, 0.2) is 0 Å². The van der Waals surface area contributed by atoms with Crippen LogP contribution in [0.3, 0.4) is 0 Å². The third-order valence-corrected chi connectivity index (χ3v) is 4.97. The van der Waals surface area contributed by atoms with Crippen LogP contribution >= 0.6 is 0 Å². The van der Waals surface area contributed by atoms with Crippen LogP contribution < -0.4 is 5.32 Å². The molecule has 0 spiro atoms. The molecule has 0 aromatic carbocycles. The zero-order valence-corrected chi connectivity index (χ0v) is 11.2. The van der Waals surface area contributed by atoms with Gasteiger partial charge >= 0.3 is 0 Å². The molecule has 1 nitrogen and oxygen atoms in total. The van der Waals surface area contributed by atoms with Crippen LogP contribution in [0.25, 0.3) is 0 Å². The minimum absolute atomic E-state index is 0.819. The molecule has 0 saturated heterocycles. The van der Waals surface area contributed by atoms with Crippen molar-refractivity contribution < 1.29 is 0 Å². The lowest BCUT2D eigenvalue weighted by molar-refractivity contribution is 0.283. The van der Waals surface area contributed by atoms with Gasteiger partial charge in [-0.2, -0.15) is 0 Å². The van der Waals surface area contributed by atoms with E-state index in [1.165, 1.54) is 57.8 Å². The Balaban J connectivity index is 1.86. The molecule has 2 saturated carbocycles. The van der Waals surface area contributed by atoms with Gasteiger partial charge in [-0.15, -0.1) is 0 Å². The highest BCUT2D eigenvalue weighted by atomic mass is 15.0. The fourth-order valence-electron chi connectivity index (χ4n) is 3.76.